The number of carboxylic acids is 1. The first-order valence-electron chi connectivity index (χ1n) is 18.0. The molecule has 0 aliphatic heterocycles. The molecule has 51 heavy (non-hydrogen) atoms. The Morgan fingerprint density at radius 3 is 1.37 bits per heavy atom. The van der Waals surface area contributed by atoms with Crippen molar-refractivity contribution in [2.24, 2.45) is 71.0 Å². The van der Waals surface area contributed by atoms with Crippen molar-refractivity contribution < 1.29 is 64.1 Å². The predicted molar refractivity (Wildman–Crippen MR) is 176 cm³/mol. The van der Waals surface area contributed by atoms with Crippen LogP contribution in [0.5, 0.6) is 0 Å². The fourth-order valence-corrected chi connectivity index (χ4v) is 9.00. The number of esters is 2. The Kier molecular flexibility index (Phi) is 15.2. The minimum atomic E-state index is -1.24. The van der Waals surface area contributed by atoms with Crippen LogP contribution in [0.2, 0.25) is 0 Å². The van der Waals surface area contributed by atoms with Gasteiger partial charge in [0.05, 0.1) is 24.9 Å². The summed E-state index contributed by atoms with van der Waals surface area (Å²) in [6, 6.07) is 0. The zero-order valence-electron chi connectivity index (χ0n) is 30.3. The van der Waals surface area contributed by atoms with Gasteiger partial charge in [0.2, 0.25) is 17.7 Å². The Morgan fingerprint density at radius 2 is 0.961 bits per heavy atom. The van der Waals surface area contributed by atoms with Gasteiger partial charge in [0, 0.05) is 29.6 Å². The van der Waals surface area contributed by atoms with Crippen LogP contribution in [0.1, 0.15) is 92.9 Å². The molecule has 16 nitrogen and oxygen atoms in total. The van der Waals surface area contributed by atoms with Crippen molar-refractivity contribution in [3.63, 3.8) is 0 Å². The third-order valence-electron chi connectivity index (χ3n) is 11.8. The first-order valence-corrected chi connectivity index (χ1v) is 18.0. The summed E-state index contributed by atoms with van der Waals surface area (Å²) in [7, 11) is 0. The molecule has 3 aliphatic carbocycles. The van der Waals surface area contributed by atoms with Crippen LogP contribution in [0, 0.1) is 71.0 Å². The predicted octanol–water partition coefficient (Wildman–Crippen LogP) is 2.45. The summed E-state index contributed by atoms with van der Waals surface area (Å²) in [4.78, 5) is 76.9. The second-order valence-corrected chi connectivity index (χ2v) is 15.9. The van der Waals surface area contributed by atoms with Gasteiger partial charge in [-0.3, -0.25) is 44.4 Å². The minimum Gasteiger partial charge on any atom is -0.481 e. The van der Waals surface area contributed by atoms with Crippen LogP contribution in [0.25, 0.3) is 0 Å². The maximum Gasteiger partial charge on any atom is 0.311 e. The standard InChI is InChI=1S/C35H57N3O13/c1-15(2)20-11-26(27(39)12-25(20)34(45)38-49)35(46)51-29-14-22(17(5)6)24(33(44)37-48)8-19(29)10-31(42)50-28-13-21(16(3)4)23(32(43)36-47)7-18(28)9-30(40)41/h15-29,39,47-49H,7-14H2,1-6H3,(H,36,43)(H,37,44)(H,38,45)(H,40,41). The van der Waals surface area contributed by atoms with Gasteiger partial charge in [-0.15, -0.1) is 0 Å². The minimum absolute atomic E-state index is 0.0550. The third kappa shape index (κ3) is 10.4. The van der Waals surface area contributed by atoms with Gasteiger partial charge in [-0.05, 0) is 74.0 Å². The van der Waals surface area contributed by atoms with E-state index in [0.717, 1.165) is 0 Å². The molecule has 12 atom stereocenters. The summed E-state index contributed by atoms with van der Waals surface area (Å²) >= 11 is 0. The van der Waals surface area contributed by atoms with Crippen LogP contribution < -0.4 is 16.4 Å². The number of aliphatic hydroxyl groups is 1. The molecular formula is C35H57N3O13. The smallest absolute Gasteiger partial charge is 0.311 e. The fraction of sp³-hybridized carbons (Fsp3) is 0.829. The Morgan fingerprint density at radius 1 is 0.569 bits per heavy atom. The highest BCUT2D eigenvalue weighted by molar-refractivity contribution is 5.80. The van der Waals surface area contributed by atoms with E-state index in [1.807, 2.05) is 41.5 Å². The molecular weight excluding hydrogens is 670 g/mol. The van der Waals surface area contributed by atoms with Crippen LogP contribution in [0.15, 0.2) is 0 Å². The zero-order valence-corrected chi connectivity index (χ0v) is 30.3. The van der Waals surface area contributed by atoms with E-state index in [-0.39, 0.29) is 86.9 Å². The lowest BCUT2D eigenvalue weighted by Gasteiger charge is -2.44. The molecule has 12 unspecified atom stereocenters. The normalized spacial score (nSPS) is 34.1. The summed E-state index contributed by atoms with van der Waals surface area (Å²) in [5.74, 6) is -10.3. The molecule has 0 aromatic heterocycles. The monoisotopic (exact) mass is 727 g/mol. The lowest BCUT2D eigenvalue weighted by atomic mass is 9.66. The number of amides is 3. The second kappa shape index (κ2) is 18.4. The van der Waals surface area contributed by atoms with Gasteiger partial charge in [-0.2, -0.15) is 0 Å². The molecule has 3 amide bonds. The van der Waals surface area contributed by atoms with Crippen LogP contribution in [0.3, 0.4) is 0 Å². The molecule has 3 rings (SSSR count). The van der Waals surface area contributed by atoms with Crippen molar-refractivity contribution >= 4 is 35.6 Å². The first kappa shape index (κ1) is 42.1. The van der Waals surface area contributed by atoms with Gasteiger partial charge >= 0.3 is 17.9 Å². The van der Waals surface area contributed by atoms with E-state index >= 15 is 0 Å². The maximum atomic E-state index is 13.8. The summed E-state index contributed by atoms with van der Waals surface area (Å²) in [6.45, 7) is 11.3. The van der Waals surface area contributed by atoms with Crippen molar-refractivity contribution in [2.75, 3.05) is 0 Å². The van der Waals surface area contributed by atoms with Gasteiger partial charge in [-0.1, -0.05) is 41.5 Å². The van der Waals surface area contributed by atoms with Crippen LogP contribution in [0.4, 0.5) is 0 Å². The van der Waals surface area contributed by atoms with Crippen molar-refractivity contribution in [1.29, 1.82) is 0 Å². The van der Waals surface area contributed by atoms with E-state index in [2.05, 4.69) is 0 Å². The first-order chi connectivity index (χ1) is 23.9. The molecule has 8 N–H and O–H groups in total. The number of aliphatic hydroxyl groups excluding tert-OH is 1. The van der Waals surface area contributed by atoms with E-state index in [1.54, 1.807) is 16.4 Å². The van der Waals surface area contributed by atoms with Gasteiger partial charge in [0.25, 0.3) is 0 Å². The molecule has 3 fully saturated rings. The van der Waals surface area contributed by atoms with Crippen LogP contribution in [-0.4, -0.2) is 79.8 Å². The van der Waals surface area contributed by atoms with Crippen molar-refractivity contribution in [3.8, 4) is 0 Å². The fourth-order valence-electron chi connectivity index (χ4n) is 9.00. The molecule has 3 saturated carbocycles. The Bertz CT molecular complexity index is 1260. The lowest BCUT2D eigenvalue weighted by molar-refractivity contribution is -0.177. The number of hydrogen-bond donors (Lipinski definition) is 8. The highest BCUT2D eigenvalue weighted by Crippen LogP contribution is 2.45. The Labute approximate surface area is 298 Å². The van der Waals surface area contributed by atoms with Gasteiger partial charge < -0.3 is 19.7 Å². The number of hydroxylamine groups is 3. The number of rotatable bonds is 13. The number of hydrogen-bond acceptors (Lipinski definition) is 12. The molecule has 0 heterocycles. The van der Waals surface area contributed by atoms with Crippen molar-refractivity contribution in [1.82, 2.24) is 16.4 Å². The Balaban J connectivity index is 1.87. The van der Waals surface area contributed by atoms with Crippen molar-refractivity contribution in [2.45, 2.75) is 111 Å². The van der Waals surface area contributed by atoms with E-state index in [9.17, 15) is 54.6 Å². The number of aliphatic carboxylic acids is 1. The van der Waals surface area contributed by atoms with Gasteiger partial charge in [0.1, 0.15) is 12.2 Å². The molecule has 0 bridgehead atoms. The second-order valence-electron chi connectivity index (χ2n) is 15.9. The van der Waals surface area contributed by atoms with Crippen molar-refractivity contribution in [3.05, 3.63) is 0 Å². The van der Waals surface area contributed by atoms with Crippen LogP contribution in [-0.2, 0) is 38.2 Å². The molecule has 3 aliphatic rings. The molecule has 0 saturated heterocycles. The van der Waals surface area contributed by atoms with Gasteiger partial charge in [-0.25, -0.2) is 16.4 Å². The number of carboxylic acid groups (broad SMARTS) is 1. The molecule has 0 radical (unpaired) electrons. The number of ether oxygens (including phenoxy) is 2. The third-order valence-corrected chi connectivity index (χ3v) is 11.8. The summed E-state index contributed by atoms with van der Waals surface area (Å²) in [5.41, 5.74) is 5.03. The zero-order chi connectivity index (χ0) is 38.3. The number of carbonyl (C=O) groups is 6. The molecule has 0 aromatic carbocycles. The Hall–Kier alpha value is -3.34. The topological polar surface area (TPSA) is 258 Å². The maximum absolute atomic E-state index is 13.8. The highest BCUT2D eigenvalue weighted by atomic mass is 16.6. The largest absolute Gasteiger partial charge is 0.481 e. The average molecular weight is 728 g/mol. The van der Waals surface area contributed by atoms with E-state index in [1.165, 1.54) is 0 Å². The summed E-state index contributed by atoms with van der Waals surface area (Å²) in [5, 5.41) is 48.7. The SMILES string of the molecule is CC(C)C1CC(OC(=O)CC2CC(C(=O)NO)C(C(C)C)CC2OC(=O)C2CC(C(C)C)C(C(=O)NO)CC2O)C(CC(=O)O)CC1C(=O)NO. The number of nitrogens with one attached hydrogen (secondary N) is 3. The lowest BCUT2D eigenvalue weighted by Crippen LogP contribution is -2.50. The number of carbonyl (C=O) groups excluding carboxylic acids is 5. The quantitative estimate of drug-likeness (QED) is 0.0772. The molecule has 290 valence electrons. The van der Waals surface area contributed by atoms with E-state index in [0.29, 0.717) is 0 Å². The van der Waals surface area contributed by atoms with Crippen LogP contribution >= 0.6 is 0 Å². The van der Waals surface area contributed by atoms with E-state index in [4.69, 9.17) is 9.47 Å². The molecule has 16 heteroatoms. The average Bonchev–Trinajstić information content (AvgIpc) is 3.07. The molecule has 0 aromatic rings. The van der Waals surface area contributed by atoms with Gasteiger partial charge in [0.15, 0.2) is 0 Å². The van der Waals surface area contributed by atoms with E-state index < -0.39 is 89.4 Å². The summed E-state index contributed by atoms with van der Waals surface area (Å²) in [6.07, 6.45) is -3.13. The highest BCUT2D eigenvalue weighted by Gasteiger charge is 2.49. The molecule has 0 spiro atoms. The summed E-state index contributed by atoms with van der Waals surface area (Å²) < 4.78 is 12.0.